The summed E-state index contributed by atoms with van der Waals surface area (Å²) in [7, 11) is -1.71. The molecule has 2 rings (SSSR count). The van der Waals surface area contributed by atoms with Crippen molar-refractivity contribution in [3.63, 3.8) is 0 Å². The van der Waals surface area contributed by atoms with E-state index in [-0.39, 0.29) is 0 Å². The van der Waals surface area contributed by atoms with Gasteiger partial charge < -0.3 is 5.32 Å². The van der Waals surface area contributed by atoms with Crippen molar-refractivity contribution in [2.45, 2.75) is 4.90 Å². The SMILES string of the molecule is CN(CCN1CCNCC1)S(=O)(=O)c1ccccc1. The zero-order chi connectivity index (χ0) is 13.7. The van der Waals surface area contributed by atoms with E-state index in [4.69, 9.17) is 0 Å². The minimum absolute atomic E-state index is 0.359. The summed E-state index contributed by atoms with van der Waals surface area (Å²) < 4.78 is 26.0. The van der Waals surface area contributed by atoms with Crippen molar-refractivity contribution in [2.24, 2.45) is 0 Å². The van der Waals surface area contributed by atoms with Gasteiger partial charge in [-0.05, 0) is 12.1 Å². The molecule has 5 nitrogen and oxygen atoms in total. The van der Waals surface area contributed by atoms with Gasteiger partial charge in [-0.15, -0.1) is 0 Å². The molecule has 0 atom stereocenters. The van der Waals surface area contributed by atoms with Gasteiger partial charge in [0.2, 0.25) is 10.0 Å². The molecule has 19 heavy (non-hydrogen) atoms. The van der Waals surface area contributed by atoms with E-state index in [9.17, 15) is 8.42 Å². The second-order valence-electron chi connectivity index (χ2n) is 4.73. The first-order valence-electron chi connectivity index (χ1n) is 6.55. The molecule has 0 aromatic heterocycles. The number of benzene rings is 1. The fraction of sp³-hybridized carbons (Fsp3) is 0.538. The molecule has 1 fully saturated rings. The number of hydrogen-bond donors (Lipinski definition) is 1. The Morgan fingerprint density at radius 3 is 2.47 bits per heavy atom. The van der Waals surface area contributed by atoms with E-state index in [2.05, 4.69) is 10.2 Å². The first kappa shape index (κ1) is 14.5. The molecule has 0 saturated carbocycles. The highest BCUT2D eigenvalue weighted by atomic mass is 32.2. The Bertz CT molecular complexity index is 484. The average Bonchev–Trinajstić information content (AvgIpc) is 2.46. The van der Waals surface area contributed by atoms with Crippen molar-refractivity contribution in [3.05, 3.63) is 30.3 Å². The van der Waals surface area contributed by atoms with Crippen molar-refractivity contribution < 1.29 is 8.42 Å². The molecule has 0 radical (unpaired) electrons. The first-order valence-corrected chi connectivity index (χ1v) is 7.99. The van der Waals surface area contributed by atoms with Crippen molar-refractivity contribution in [3.8, 4) is 0 Å². The van der Waals surface area contributed by atoms with Gasteiger partial charge >= 0.3 is 0 Å². The first-order chi connectivity index (χ1) is 9.10. The van der Waals surface area contributed by atoms with Crippen molar-refractivity contribution >= 4 is 10.0 Å². The minimum Gasteiger partial charge on any atom is -0.314 e. The van der Waals surface area contributed by atoms with Gasteiger partial charge in [-0.1, -0.05) is 18.2 Å². The van der Waals surface area contributed by atoms with E-state index in [1.54, 1.807) is 31.3 Å². The third-order valence-corrected chi connectivity index (χ3v) is 5.26. The van der Waals surface area contributed by atoms with Crippen LogP contribution in [0.5, 0.6) is 0 Å². The van der Waals surface area contributed by atoms with Crippen LogP contribution >= 0.6 is 0 Å². The summed E-state index contributed by atoms with van der Waals surface area (Å²) in [6.07, 6.45) is 0. The fourth-order valence-electron chi connectivity index (χ4n) is 2.11. The standard InChI is InChI=1S/C13H21N3O2S/c1-15(11-12-16-9-7-14-8-10-16)19(17,18)13-5-3-2-4-6-13/h2-6,14H,7-12H2,1H3. The Morgan fingerprint density at radius 2 is 1.84 bits per heavy atom. The van der Waals surface area contributed by atoms with Crippen LogP contribution in [0.3, 0.4) is 0 Å². The topological polar surface area (TPSA) is 52.6 Å². The summed E-state index contributed by atoms with van der Waals surface area (Å²) in [6, 6.07) is 8.58. The van der Waals surface area contributed by atoms with E-state index in [1.165, 1.54) is 4.31 Å². The second kappa shape index (κ2) is 6.47. The van der Waals surface area contributed by atoms with Crippen LogP contribution in [0.1, 0.15) is 0 Å². The van der Waals surface area contributed by atoms with Gasteiger partial charge in [0, 0.05) is 46.3 Å². The summed E-state index contributed by atoms with van der Waals surface area (Å²) >= 11 is 0. The zero-order valence-corrected chi connectivity index (χ0v) is 12.1. The maximum absolute atomic E-state index is 12.3. The van der Waals surface area contributed by atoms with Crippen LogP contribution in [-0.2, 0) is 10.0 Å². The Labute approximate surface area is 115 Å². The summed E-state index contributed by atoms with van der Waals surface area (Å²) in [6.45, 7) is 5.24. The third-order valence-electron chi connectivity index (χ3n) is 3.39. The summed E-state index contributed by atoms with van der Waals surface area (Å²) in [5.74, 6) is 0. The summed E-state index contributed by atoms with van der Waals surface area (Å²) in [5, 5.41) is 3.28. The maximum Gasteiger partial charge on any atom is 0.242 e. The smallest absolute Gasteiger partial charge is 0.242 e. The monoisotopic (exact) mass is 283 g/mol. The molecule has 106 valence electrons. The lowest BCUT2D eigenvalue weighted by Crippen LogP contribution is -2.46. The van der Waals surface area contributed by atoms with E-state index in [1.807, 2.05) is 6.07 Å². The Hall–Kier alpha value is -0.950. The number of piperazine rings is 1. The molecule has 1 heterocycles. The molecule has 1 N–H and O–H groups in total. The molecular formula is C13H21N3O2S. The van der Waals surface area contributed by atoms with E-state index < -0.39 is 10.0 Å². The van der Waals surface area contributed by atoms with E-state index in [0.717, 1.165) is 32.7 Å². The van der Waals surface area contributed by atoms with Crippen molar-refractivity contribution in [1.29, 1.82) is 0 Å². The molecule has 0 aliphatic carbocycles. The fourth-order valence-corrected chi connectivity index (χ4v) is 3.29. The molecule has 1 aromatic rings. The lowest BCUT2D eigenvalue weighted by Gasteiger charge is -2.28. The van der Waals surface area contributed by atoms with Crippen LogP contribution in [0.25, 0.3) is 0 Å². The van der Waals surface area contributed by atoms with E-state index >= 15 is 0 Å². The third kappa shape index (κ3) is 3.76. The molecule has 0 unspecified atom stereocenters. The molecule has 0 amide bonds. The Morgan fingerprint density at radius 1 is 1.21 bits per heavy atom. The molecule has 0 bridgehead atoms. The minimum atomic E-state index is -3.35. The van der Waals surface area contributed by atoms with Crippen LogP contribution in [-0.4, -0.2) is 63.9 Å². The maximum atomic E-state index is 12.3. The van der Waals surface area contributed by atoms with Crippen molar-refractivity contribution in [1.82, 2.24) is 14.5 Å². The Kier molecular flexibility index (Phi) is 4.93. The number of sulfonamides is 1. The highest BCUT2D eigenvalue weighted by Crippen LogP contribution is 2.13. The second-order valence-corrected chi connectivity index (χ2v) is 6.78. The van der Waals surface area contributed by atoms with Gasteiger partial charge in [-0.2, -0.15) is 4.31 Å². The van der Waals surface area contributed by atoms with Gasteiger partial charge in [0.05, 0.1) is 4.90 Å². The normalized spacial score (nSPS) is 17.8. The van der Waals surface area contributed by atoms with Gasteiger partial charge in [-0.25, -0.2) is 8.42 Å². The van der Waals surface area contributed by atoms with Gasteiger partial charge in [0.15, 0.2) is 0 Å². The van der Waals surface area contributed by atoms with E-state index in [0.29, 0.717) is 11.4 Å². The number of nitrogens with zero attached hydrogens (tertiary/aromatic N) is 2. The lowest BCUT2D eigenvalue weighted by molar-refractivity contribution is 0.229. The Balaban J connectivity index is 1.93. The summed E-state index contributed by atoms with van der Waals surface area (Å²) in [5.41, 5.74) is 0. The number of rotatable bonds is 5. The van der Waals surface area contributed by atoms with Gasteiger partial charge in [0.25, 0.3) is 0 Å². The van der Waals surface area contributed by atoms with Gasteiger partial charge in [0.1, 0.15) is 0 Å². The largest absolute Gasteiger partial charge is 0.314 e. The number of likely N-dealkylation sites (N-methyl/N-ethyl adjacent to an activating group) is 1. The van der Waals surface area contributed by atoms with Crippen LogP contribution < -0.4 is 5.32 Å². The molecule has 6 heteroatoms. The van der Waals surface area contributed by atoms with Crippen LogP contribution in [0.4, 0.5) is 0 Å². The van der Waals surface area contributed by atoms with Gasteiger partial charge in [-0.3, -0.25) is 4.90 Å². The quantitative estimate of drug-likeness (QED) is 0.839. The predicted molar refractivity (Wildman–Crippen MR) is 75.6 cm³/mol. The zero-order valence-electron chi connectivity index (χ0n) is 11.2. The molecular weight excluding hydrogens is 262 g/mol. The molecule has 1 aliphatic heterocycles. The summed E-state index contributed by atoms with van der Waals surface area (Å²) in [4.78, 5) is 2.64. The lowest BCUT2D eigenvalue weighted by atomic mass is 10.3. The van der Waals surface area contributed by atoms with Crippen molar-refractivity contribution in [2.75, 3.05) is 46.3 Å². The molecule has 1 saturated heterocycles. The highest BCUT2D eigenvalue weighted by molar-refractivity contribution is 7.89. The van der Waals surface area contributed by atoms with Crippen LogP contribution in [0, 0.1) is 0 Å². The predicted octanol–water partition coefficient (Wildman–Crippen LogP) is 0.212. The molecule has 1 aliphatic rings. The van der Waals surface area contributed by atoms with Crippen LogP contribution in [0.2, 0.25) is 0 Å². The number of hydrogen-bond acceptors (Lipinski definition) is 4. The average molecular weight is 283 g/mol. The molecule has 1 aromatic carbocycles. The van der Waals surface area contributed by atoms with Crippen LogP contribution in [0.15, 0.2) is 35.2 Å². The highest BCUT2D eigenvalue weighted by Gasteiger charge is 2.21. The molecule has 0 spiro atoms. The number of nitrogens with one attached hydrogen (secondary N) is 1.